The topological polar surface area (TPSA) is 65.2 Å². The molecule has 4 rings (SSSR count). The van der Waals surface area contributed by atoms with Crippen LogP contribution in [-0.2, 0) is 4.79 Å². The van der Waals surface area contributed by atoms with Crippen LogP contribution in [0.25, 0.3) is 10.2 Å². The summed E-state index contributed by atoms with van der Waals surface area (Å²) in [5.74, 6) is -0.0629. The van der Waals surface area contributed by atoms with Gasteiger partial charge in [0.25, 0.3) is 0 Å². The van der Waals surface area contributed by atoms with Crippen LogP contribution in [0.3, 0.4) is 0 Å². The van der Waals surface area contributed by atoms with Crippen molar-refractivity contribution < 1.29 is 4.79 Å². The number of benzene rings is 1. The Morgan fingerprint density at radius 3 is 3.00 bits per heavy atom. The minimum absolute atomic E-state index is 0.0629. The van der Waals surface area contributed by atoms with Gasteiger partial charge in [-0.25, -0.2) is 0 Å². The van der Waals surface area contributed by atoms with Crippen LogP contribution in [0.5, 0.6) is 0 Å². The Hall–Kier alpha value is -2.12. The molecule has 1 amide bonds. The molecule has 0 spiro atoms. The normalized spacial score (nSPS) is 17.9. The molecule has 23 heavy (non-hydrogen) atoms. The molecule has 1 aromatic carbocycles. The van der Waals surface area contributed by atoms with Crippen molar-refractivity contribution in [1.82, 2.24) is 10.3 Å². The molecular weight excluding hydrogens is 378 g/mol. The van der Waals surface area contributed by atoms with Crippen LogP contribution < -0.4 is 15.1 Å². The maximum atomic E-state index is 12.2. The molecule has 0 saturated heterocycles. The van der Waals surface area contributed by atoms with Crippen molar-refractivity contribution in [3.05, 3.63) is 62.0 Å². The van der Waals surface area contributed by atoms with E-state index >= 15 is 0 Å². The zero-order valence-electron chi connectivity index (χ0n) is 11.9. The van der Waals surface area contributed by atoms with Gasteiger partial charge in [0.05, 0.1) is 10.2 Å². The van der Waals surface area contributed by atoms with Gasteiger partial charge in [0.15, 0.2) is 0 Å². The van der Waals surface area contributed by atoms with E-state index in [1.807, 2.05) is 35.4 Å². The van der Waals surface area contributed by atoms with Crippen LogP contribution in [0.2, 0.25) is 0 Å². The zero-order chi connectivity index (χ0) is 16.0. The highest BCUT2D eigenvalue weighted by Gasteiger charge is 2.21. The number of nitrogens with zero attached hydrogens (tertiary/aromatic N) is 1. The third-order valence-corrected chi connectivity index (χ3v) is 5.18. The summed E-state index contributed by atoms with van der Waals surface area (Å²) in [5.41, 5.74) is 3.60. The molecule has 2 heterocycles. The maximum absolute atomic E-state index is 12.2. The lowest BCUT2D eigenvalue weighted by atomic mass is 10.1. The number of carbonyl (C=O) groups excluding carboxylic acids is 1. The Kier molecular flexibility index (Phi) is 3.46. The lowest BCUT2D eigenvalue weighted by Gasteiger charge is -2.18. The number of hydrogen-bond donors (Lipinski definition) is 2. The van der Waals surface area contributed by atoms with Crippen molar-refractivity contribution in [2.45, 2.75) is 6.42 Å². The summed E-state index contributed by atoms with van der Waals surface area (Å²) in [6.07, 6.45) is 6.73. The number of halogens is 1. The fourth-order valence-corrected chi connectivity index (χ4v) is 3.86. The average molecular weight is 390 g/mol. The summed E-state index contributed by atoms with van der Waals surface area (Å²) in [6, 6.07) is 5.72. The van der Waals surface area contributed by atoms with Gasteiger partial charge in [0.2, 0.25) is 5.91 Å². The van der Waals surface area contributed by atoms with Gasteiger partial charge < -0.3 is 15.2 Å². The van der Waals surface area contributed by atoms with Crippen molar-refractivity contribution >= 4 is 49.1 Å². The number of hydrogen-bond acceptors (Lipinski definition) is 4. The molecule has 0 atom stereocenters. The Morgan fingerprint density at radius 1 is 1.26 bits per heavy atom. The van der Waals surface area contributed by atoms with Gasteiger partial charge >= 0.3 is 4.87 Å². The number of rotatable bonds is 1. The van der Waals surface area contributed by atoms with Crippen molar-refractivity contribution in [2.24, 2.45) is 0 Å². The number of amides is 1. The number of allylic oxidation sites excluding steroid dienone is 4. The summed E-state index contributed by atoms with van der Waals surface area (Å²) < 4.78 is 1.86. The number of H-pyrrole nitrogens is 1. The predicted molar refractivity (Wildman–Crippen MR) is 95.7 cm³/mol. The molecule has 0 bridgehead atoms. The highest BCUT2D eigenvalue weighted by Crippen LogP contribution is 2.29. The second-order valence-electron chi connectivity index (χ2n) is 5.38. The van der Waals surface area contributed by atoms with E-state index in [-0.39, 0.29) is 17.3 Å². The molecular formula is C16H12BrN3O2S. The minimum Gasteiger partial charge on any atom is -0.338 e. The Labute approximate surface area is 144 Å². The average Bonchev–Trinajstić information content (AvgIpc) is 2.79. The first-order valence-corrected chi connectivity index (χ1v) is 8.67. The molecule has 2 aromatic rings. The van der Waals surface area contributed by atoms with Crippen LogP contribution in [0.4, 0.5) is 5.69 Å². The largest absolute Gasteiger partial charge is 0.338 e. The molecule has 0 unspecified atom stereocenters. The molecule has 116 valence electrons. The predicted octanol–water partition coefficient (Wildman–Crippen LogP) is 2.98. The summed E-state index contributed by atoms with van der Waals surface area (Å²) in [6.45, 7) is 0.239. The molecule has 0 fully saturated rings. The first kappa shape index (κ1) is 14.5. The standard InChI is InChI=1S/C16H12BrN3O2S/c17-10-2-1-9-7-20(8-15(21)18-13(9)5-10)11-3-4-12-14(6-11)23-16(22)19-12/h2-7H,1,8H2,(H,18,21)(H,19,22). The third-order valence-electron chi connectivity index (χ3n) is 3.78. The van der Waals surface area contributed by atoms with Crippen LogP contribution in [0.1, 0.15) is 6.42 Å². The summed E-state index contributed by atoms with van der Waals surface area (Å²) >= 11 is 4.62. The fourth-order valence-electron chi connectivity index (χ4n) is 2.70. The number of nitrogens with one attached hydrogen (secondary N) is 2. The van der Waals surface area contributed by atoms with Gasteiger partial charge in [-0.2, -0.15) is 0 Å². The molecule has 1 aliphatic carbocycles. The van der Waals surface area contributed by atoms with Gasteiger partial charge in [-0.3, -0.25) is 9.59 Å². The van der Waals surface area contributed by atoms with E-state index < -0.39 is 0 Å². The first-order chi connectivity index (χ1) is 11.1. The van der Waals surface area contributed by atoms with Crippen molar-refractivity contribution in [3.63, 3.8) is 0 Å². The zero-order valence-corrected chi connectivity index (χ0v) is 14.3. The second kappa shape index (κ2) is 5.50. The van der Waals surface area contributed by atoms with E-state index in [0.29, 0.717) is 0 Å². The number of carbonyl (C=O) groups is 1. The Morgan fingerprint density at radius 2 is 2.13 bits per heavy atom. The quantitative estimate of drug-likeness (QED) is 0.787. The third kappa shape index (κ3) is 2.77. The van der Waals surface area contributed by atoms with E-state index in [1.54, 1.807) is 0 Å². The Balaban J connectivity index is 1.77. The van der Waals surface area contributed by atoms with E-state index in [2.05, 4.69) is 32.3 Å². The Bertz CT molecular complexity index is 967. The minimum atomic E-state index is -0.0726. The highest BCUT2D eigenvalue weighted by molar-refractivity contribution is 9.11. The van der Waals surface area contributed by atoms with Crippen LogP contribution in [-0.4, -0.2) is 17.4 Å². The summed E-state index contributed by atoms with van der Waals surface area (Å²) in [5, 5.41) is 2.94. The van der Waals surface area contributed by atoms with Crippen LogP contribution in [0.15, 0.2) is 57.1 Å². The van der Waals surface area contributed by atoms with E-state index in [1.165, 1.54) is 11.3 Å². The second-order valence-corrected chi connectivity index (χ2v) is 7.31. The fraction of sp³-hybridized carbons (Fsp3) is 0.125. The lowest BCUT2D eigenvalue weighted by molar-refractivity contribution is -0.118. The van der Waals surface area contributed by atoms with Gasteiger partial charge in [-0.1, -0.05) is 33.3 Å². The van der Waals surface area contributed by atoms with Crippen LogP contribution >= 0.6 is 27.3 Å². The molecule has 5 nitrogen and oxygen atoms in total. The smallest absolute Gasteiger partial charge is 0.305 e. The molecule has 1 aliphatic heterocycles. The first-order valence-electron chi connectivity index (χ1n) is 7.06. The monoisotopic (exact) mass is 389 g/mol. The molecule has 1 aromatic heterocycles. The maximum Gasteiger partial charge on any atom is 0.305 e. The number of aromatic amines is 1. The number of aromatic nitrogens is 1. The lowest BCUT2D eigenvalue weighted by Crippen LogP contribution is -2.31. The van der Waals surface area contributed by atoms with E-state index in [0.717, 1.165) is 38.1 Å². The summed E-state index contributed by atoms with van der Waals surface area (Å²) in [4.78, 5) is 28.3. The number of thiazole rings is 1. The van der Waals surface area contributed by atoms with E-state index in [9.17, 15) is 9.59 Å². The van der Waals surface area contributed by atoms with Crippen LogP contribution in [0, 0.1) is 0 Å². The van der Waals surface area contributed by atoms with Gasteiger partial charge in [-0.15, -0.1) is 0 Å². The van der Waals surface area contributed by atoms with Gasteiger partial charge in [-0.05, 0) is 36.3 Å². The van der Waals surface area contributed by atoms with Crippen molar-refractivity contribution in [3.8, 4) is 0 Å². The summed E-state index contributed by atoms with van der Waals surface area (Å²) in [7, 11) is 0. The molecule has 0 radical (unpaired) electrons. The molecule has 2 aliphatic rings. The molecule has 0 saturated carbocycles. The highest BCUT2D eigenvalue weighted by atomic mass is 79.9. The van der Waals surface area contributed by atoms with E-state index in [4.69, 9.17) is 0 Å². The molecule has 2 N–H and O–H groups in total. The van der Waals surface area contributed by atoms with Crippen molar-refractivity contribution in [2.75, 3.05) is 11.4 Å². The number of fused-ring (bicyclic) bond motifs is 2. The SMILES string of the molecule is O=C1CN(c2ccc3[nH]c(=O)sc3c2)C=C2CC=C(Br)C=C2N1. The van der Waals surface area contributed by atoms with Gasteiger partial charge in [0, 0.05) is 22.1 Å². The van der Waals surface area contributed by atoms with Gasteiger partial charge in [0.1, 0.15) is 6.54 Å². The molecule has 7 heteroatoms. The number of anilines is 1. The van der Waals surface area contributed by atoms with Crippen molar-refractivity contribution in [1.29, 1.82) is 0 Å².